The lowest BCUT2D eigenvalue weighted by atomic mass is 9.95. The molecule has 262 valence electrons. The van der Waals surface area contributed by atoms with Crippen LogP contribution in [-0.2, 0) is 0 Å². The highest BCUT2D eigenvalue weighted by Gasteiger charge is 2.23. The molecule has 11 aromatic rings. The predicted molar refractivity (Wildman–Crippen MR) is 235 cm³/mol. The van der Waals surface area contributed by atoms with Crippen molar-refractivity contribution in [3.8, 4) is 56.0 Å². The van der Waals surface area contributed by atoms with Crippen molar-refractivity contribution in [1.29, 1.82) is 0 Å². The third-order valence-electron chi connectivity index (χ3n) is 11.2. The van der Waals surface area contributed by atoms with Crippen LogP contribution in [-0.4, -0.2) is 14.1 Å². The number of para-hydroxylation sites is 3. The van der Waals surface area contributed by atoms with Gasteiger partial charge < -0.3 is 9.13 Å². The zero-order valence-corrected chi connectivity index (χ0v) is 30.5. The fourth-order valence-electron chi connectivity index (χ4n) is 8.60. The van der Waals surface area contributed by atoms with Gasteiger partial charge in [-0.1, -0.05) is 158 Å². The van der Waals surface area contributed by atoms with Gasteiger partial charge >= 0.3 is 0 Å². The van der Waals surface area contributed by atoms with Crippen molar-refractivity contribution < 1.29 is 0 Å². The second-order valence-corrected chi connectivity index (χ2v) is 14.4. The number of fused-ring (bicyclic) bond motifs is 7. The first kappa shape index (κ1) is 32.0. The van der Waals surface area contributed by atoms with Crippen LogP contribution in [0.15, 0.2) is 212 Å². The molecular formula is C53H35N3. The summed E-state index contributed by atoms with van der Waals surface area (Å²) in [6, 6.07) is 74.4. The van der Waals surface area contributed by atoms with E-state index in [2.05, 4.69) is 209 Å². The van der Waals surface area contributed by atoms with Crippen molar-refractivity contribution in [2.45, 2.75) is 0 Å². The maximum atomic E-state index is 4.79. The third kappa shape index (κ3) is 5.17. The summed E-state index contributed by atoms with van der Waals surface area (Å²) < 4.78 is 4.95. The molecule has 0 aliphatic rings. The molecule has 0 N–H and O–H groups in total. The third-order valence-corrected chi connectivity index (χ3v) is 11.2. The molecule has 3 heterocycles. The van der Waals surface area contributed by atoms with E-state index in [4.69, 9.17) is 4.98 Å². The molecule has 0 saturated carbocycles. The Balaban J connectivity index is 1.19. The SMILES string of the molecule is c1ccc(-c2cccc(-c3ccc(-c4ccc(-c5ccccn5)cc4-n4c5ccccc5c5ccc6c7ccccc7n(-c7ccccc7)c6c54)cc3)c2)cc1. The zero-order valence-electron chi connectivity index (χ0n) is 30.5. The Bertz CT molecular complexity index is 3210. The lowest BCUT2D eigenvalue weighted by Crippen LogP contribution is -2.01. The van der Waals surface area contributed by atoms with Crippen LogP contribution >= 0.6 is 0 Å². The molecule has 0 unspecified atom stereocenters. The fraction of sp³-hybridized carbons (Fsp3) is 0. The van der Waals surface area contributed by atoms with E-state index in [1.807, 2.05) is 12.3 Å². The number of benzene rings is 8. The summed E-state index contributed by atoms with van der Waals surface area (Å²) >= 11 is 0. The van der Waals surface area contributed by atoms with E-state index >= 15 is 0 Å². The Morgan fingerprint density at radius 1 is 0.321 bits per heavy atom. The molecule has 0 aliphatic carbocycles. The molecule has 11 rings (SSSR count). The maximum absolute atomic E-state index is 4.79. The predicted octanol–water partition coefficient (Wildman–Crippen LogP) is 13.9. The van der Waals surface area contributed by atoms with Crippen LogP contribution in [0.2, 0.25) is 0 Å². The molecule has 0 aliphatic heterocycles. The molecule has 0 radical (unpaired) electrons. The van der Waals surface area contributed by atoms with Gasteiger partial charge in [0.2, 0.25) is 0 Å². The van der Waals surface area contributed by atoms with Crippen LogP contribution in [0.25, 0.3) is 99.6 Å². The molecule has 0 spiro atoms. The number of nitrogens with zero attached hydrogens (tertiary/aromatic N) is 3. The summed E-state index contributed by atoms with van der Waals surface area (Å²) in [5, 5.41) is 4.90. The van der Waals surface area contributed by atoms with Gasteiger partial charge in [-0.05, 0) is 76.3 Å². The van der Waals surface area contributed by atoms with Crippen molar-refractivity contribution in [3.63, 3.8) is 0 Å². The lowest BCUT2D eigenvalue weighted by Gasteiger charge is -2.18. The molecule has 0 atom stereocenters. The summed E-state index contributed by atoms with van der Waals surface area (Å²) in [6.07, 6.45) is 1.87. The van der Waals surface area contributed by atoms with E-state index in [1.165, 1.54) is 60.3 Å². The minimum Gasteiger partial charge on any atom is -0.307 e. The molecule has 3 heteroatoms. The monoisotopic (exact) mass is 713 g/mol. The van der Waals surface area contributed by atoms with Gasteiger partial charge in [-0.15, -0.1) is 0 Å². The van der Waals surface area contributed by atoms with Gasteiger partial charge in [0.15, 0.2) is 0 Å². The van der Waals surface area contributed by atoms with Crippen LogP contribution in [0, 0.1) is 0 Å². The van der Waals surface area contributed by atoms with E-state index in [9.17, 15) is 0 Å². The first-order valence-corrected chi connectivity index (χ1v) is 19.1. The fourth-order valence-corrected chi connectivity index (χ4v) is 8.60. The van der Waals surface area contributed by atoms with Crippen LogP contribution in [0.1, 0.15) is 0 Å². The van der Waals surface area contributed by atoms with Crippen molar-refractivity contribution in [3.05, 3.63) is 212 Å². The van der Waals surface area contributed by atoms with E-state index in [0.29, 0.717) is 0 Å². The summed E-state index contributed by atoms with van der Waals surface area (Å²) in [4.78, 5) is 4.79. The van der Waals surface area contributed by atoms with Gasteiger partial charge in [-0.25, -0.2) is 0 Å². The van der Waals surface area contributed by atoms with Gasteiger partial charge in [0.1, 0.15) is 0 Å². The Kier molecular flexibility index (Phi) is 7.49. The van der Waals surface area contributed by atoms with E-state index in [0.717, 1.165) is 39.3 Å². The summed E-state index contributed by atoms with van der Waals surface area (Å²) in [5.74, 6) is 0. The molecule has 3 aromatic heterocycles. The van der Waals surface area contributed by atoms with Crippen molar-refractivity contribution in [1.82, 2.24) is 14.1 Å². The first-order valence-electron chi connectivity index (χ1n) is 19.1. The quantitative estimate of drug-likeness (QED) is 0.168. The number of aromatic nitrogens is 3. The van der Waals surface area contributed by atoms with Gasteiger partial charge in [0.05, 0.1) is 33.4 Å². The average Bonchev–Trinajstić information content (AvgIpc) is 3.80. The summed E-state index contributed by atoms with van der Waals surface area (Å²) in [6.45, 7) is 0. The van der Waals surface area contributed by atoms with Crippen molar-refractivity contribution >= 4 is 43.6 Å². The average molecular weight is 714 g/mol. The van der Waals surface area contributed by atoms with Gasteiger partial charge in [0, 0.05) is 44.6 Å². The van der Waals surface area contributed by atoms with Crippen LogP contribution < -0.4 is 0 Å². The number of pyridine rings is 1. The van der Waals surface area contributed by atoms with E-state index < -0.39 is 0 Å². The first-order chi connectivity index (χ1) is 27.8. The molecular weight excluding hydrogens is 679 g/mol. The zero-order chi connectivity index (χ0) is 37.0. The second kappa shape index (κ2) is 13.1. The number of hydrogen-bond donors (Lipinski definition) is 0. The van der Waals surface area contributed by atoms with Crippen molar-refractivity contribution in [2.24, 2.45) is 0 Å². The Morgan fingerprint density at radius 3 is 1.54 bits per heavy atom. The smallest absolute Gasteiger partial charge is 0.0789 e. The highest BCUT2D eigenvalue weighted by molar-refractivity contribution is 6.24. The van der Waals surface area contributed by atoms with Gasteiger partial charge in [0.25, 0.3) is 0 Å². The Morgan fingerprint density at radius 2 is 0.857 bits per heavy atom. The molecule has 56 heavy (non-hydrogen) atoms. The van der Waals surface area contributed by atoms with Gasteiger partial charge in [-0.3, -0.25) is 4.98 Å². The van der Waals surface area contributed by atoms with E-state index in [1.54, 1.807) is 0 Å². The Hall–Kier alpha value is -7.49. The molecule has 3 nitrogen and oxygen atoms in total. The highest BCUT2D eigenvalue weighted by atomic mass is 15.0. The molecule has 0 bridgehead atoms. The standard InChI is InChI=1S/C53H35N3/c1-3-14-36(15-4-1)39-16-13-17-40(34-39)37-25-27-38(28-26-37)43-30-29-41(48-22-11-12-33-54-48)35-51(43)56-50-24-10-8-21-45(50)47-32-31-46-44-20-7-9-23-49(44)55(52(46)53(47)56)42-18-5-2-6-19-42/h1-35H. The van der Waals surface area contributed by atoms with Crippen LogP contribution in [0.5, 0.6) is 0 Å². The minimum atomic E-state index is 0.943. The molecule has 0 fully saturated rings. The normalized spacial score (nSPS) is 11.6. The maximum Gasteiger partial charge on any atom is 0.0789 e. The summed E-state index contributed by atoms with van der Waals surface area (Å²) in [7, 11) is 0. The van der Waals surface area contributed by atoms with E-state index in [-0.39, 0.29) is 0 Å². The number of hydrogen-bond acceptors (Lipinski definition) is 1. The summed E-state index contributed by atoms with van der Waals surface area (Å²) in [5.41, 5.74) is 16.1. The Labute approximate surface area is 325 Å². The topological polar surface area (TPSA) is 22.8 Å². The number of rotatable bonds is 6. The minimum absolute atomic E-state index is 0.943. The van der Waals surface area contributed by atoms with Crippen molar-refractivity contribution in [2.75, 3.05) is 0 Å². The molecule has 0 saturated heterocycles. The lowest BCUT2D eigenvalue weighted by molar-refractivity contribution is 1.15. The second-order valence-electron chi connectivity index (χ2n) is 14.4. The van der Waals surface area contributed by atoms with Crippen LogP contribution in [0.4, 0.5) is 0 Å². The molecule has 8 aromatic carbocycles. The molecule has 0 amide bonds. The van der Waals surface area contributed by atoms with Gasteiger partial charge in [-0.2, -0.15) is 0 Å². The van der Waals surface area contributed by atoms with Crippen LogP contribution in [0.3, 0.4) is 0 Å². The highest BCUT2D eigenvalue weighted by Crippen LogP contribution is 2.44. The largest absolute Gasteiger partial charge is 0.307 e.